The average molecular weight is 293 g/mol. The van der Waals surface area contributed by atoms with E-state index in [1.807, 2.05) is 61.7 Å². The molecule has 0 spiro atoms. The van der Waals surface area contributed by atoms with E-state index < -0.39 is 0 Å². The Morgan fingerprint density at radius 1 is 1.05 bits per heavy atom. The summed E-state index contributed by atoms with van der Waals surface area (Å²) < 4.78 is 0. The van der Waals surface area contributed by atoms with Crippen LogP contribution in [0.2, 0.25) is 0 Å². The summed E-state index contributed by atoms with van der Waals surface area (Å²) in [6, 6.07) is 17.6. The van der Waals surface area contributed by atoms with Gasteiger partial charge in [0.05, 0.1) is 10.7 Å². The molecule has 0 saturated carbocycles. The van der Waals surface area contributed by atoms with Crippen LogP contribution in [0.3, 0.4) is 0 Å². The van der Waals surface area contributed by atoms with Gasteiger partial charge in [-0.3, -0.25) is 4.79 Å². The lowest BCUT2D eigenvalue weighted by atomic mass is 10.1. The maximum absolute atomic E-state index is 12.0. The fraction of sp³-hybridized carbons (Fsp3) is 0.0556. The van der Waals surface area contributed by atoms with Crippen LogP contribution >= 0.6 is 11.8 Å². The minimum atomic E-state index is 0.0237. The molecule has 1 aliphatic heterocycles. The summed E-state index contributed by atoms with van der Waals surface area (Å²) in [5.41, 5.74) is 1.92. The second-order valence-electron chi connectivity index (χ2n) is 4.72. The number of ketones is 1. The summed E-state index contributed by atoms with van der Waals surface area (Å²) in [5, 5.41) is 1.12. The molecule has 0 bridgehead atoms. The molecular weight excluding hydrogens is 278 g/mol. The van der Waals surface area contributed by atoms with Crippen LogP contribution in [0.15, 0.2) is 82.7 Å². The van der Waals surface area contributed by atoms with E-state index in [1.165, 1.54) is 10.6 Å². The van der Waals surface area contributed by atoms with Crippen LogP contribution in [-0.2, 0) is 0 Å². The Hall–Kier alpha value is -2.26. The van der Waals surface area contributed by atoms with Gasteiger partial charge in [0.15, 0.2) is 5.78 Å². The van der Waals surface area contributed by atoms with E-state index in [4.69, 9.17) is 0 Å². The zero-order valence-electron chi connectivity index (χ0n) is 11.7. The van der Waals surface area contributed by atoms with Crippen molar-refractivity contribution < 1.29 is 4.79 Å². The van der Waals surface area contributed by atoms with E-state index in [1.54, 1.807) is 17.8 Å². The predicted octanol–water partition coefficient (Wildman–Crippen LogP) is 4.51. The zero-order chi connectivity index (χ0) is 14.7. The van der Waals surface area contributed by atoms with Crippen molar-refractivity contribution in [3.63, 3.8) is 0 Å². The van der Waals surface area contributed by atoms with Crippen molar-refractivity contribution in [2.45, 2.75) is 4.90 Å². The molecule has 2 nitrogen and oxygen atoms in total. The molecule has 0 unspecified atom stereocenters. The molecule has 0 N–H and O–H groups in total. The predicted molar refractivity (Wildman–Crippen MR) is 88.7 cm³/mol. The quantitative estimate of drug-likeness (QED) is 0.613. The van der Waals surface area contributed by atoms with Crippen LogP contribution in [0.25, 0.3) is 0 Å². The summed E-state index contributed by atoms with van der Waals surface area (Å²) in [7, 11) is 2.04. The summed E-state index contributed by atoms with van der Waals surface area (Å²) in [5.74, 6) is 0.0237. The van der Waals surface area contributed by atoms with E-state index in [2.05, 4.69) is 17.0 Å². The molecule has 2 aromatic rings. The van der Waals surface area contributed by atoms with Gasteiger partial charge in [0, 0.05) is 17.5 Å². The van der Waals surface area contributed by atoms with E-state index in [0.29, 0.717) is 5.56 Å². The second kappa shape index (κ2) is 6.02. The van der Waals surface area contributed by atoms with Gasteiger partial charge >= 0.3 is 0 Å². The van der Waals surface area contributed by atoms with Gasteiger partial charge in [0.1, 0.15) is 0 Å². The van der Waals surface area contributed by atoms with Gasteiger partial charge < -0.3 is 4.90 Å². The number of fused-ring (bicyclic) bond motifs is 1. The Morgan fingerprint density at radius 2 is 1.76 bits per heavy atom. The van der Waals surface area contributed by atoms with Gasteiger partial charge in [-0.15, -0.1) is 0 Å². The third kappa shape index (κ3) is 2.93. The van der Waals surface area contributed by atoms with Gasteiger partial charge in [-0.25, -0.2) is 0 Å². The third-order valence-electron chi connectivity index (χ3n) is 3.32. The number of thioether (sulfide) groups is 1. The minimum Gasteiger partial charge on any atom is -0.338 e. The molecule has 0 fully saturated rings. The lowest BCUT2D eigenvalue weighted by molar-refractivity contribution is 0.104. The summed E-state index contributed by atoms with van der Waals surface area (Å²) in [6.45, 7) is 0. The lowest BCUT2D eigenvalue weighted by Crippen LogP contribution is -2.08. The highest BCUT2D eigenvalue weighted by Crippen LogP contribution is 2.44. The SMILES string of the molecule is CN1/C(=C\C=C/C(=O)c2ccccc2)Sc2ccccc21. The van der Waals surface area contributed by atoms with Crippen molar-refractivity contribution in [3.05, 3.63) is 83.4 Å². The molecular formula is C18H15NOS. The normalized spacial score (nSPS) is 15.7. The molecule has 1 heterocycles. The number of para-hydroxylation sites is 1. The molecule has 0 atom stereocenters. The Balaban J connectivity index is 1.73. The van der Waals surface area contributed by atoms with Crippen LogP contribution in [0, 0.1) is 0 Å². The molecule has 3 heteroatoms. The Kier molecular flexibility index (Phi) is 3.93. The van der Waals surface area contributed by atoms with Crippen molar-refractivity contribution in [3.8, 4) is 0 Å². The molecule has 2 aromatic carbocycles. The summed E-state index contributed by atoms with van der Waals surface area (Å²) in [4.78, 5) is 15.4. The van der Waals surface area contributed by atoms with Crippen LogP contribution in [0.5, 0.6) is 0 Å². The van der Waals surface area contributed by atoms with E-state index in [0.717, 1.165) is 5.03 Å². The first-order valence-corrected chi connectivity index (χ1v) is 7.56. The first-order valence-electron chi connectivity index (χ1n) is 6.74. The van der Waals surface area contributed by atoms with Gasteiger partial charge in [-0.2, -0.15) is 0 Å². The monoisotopic (exact) mass is 293 g/mol. The number of hydrogen-bond donors (Lipinski definition) is 0. The molecule has 0 radical (unpaired) electrons. The number of carbonyl (C=O) groups excluding carboxylic acids is 1. The molecule has 3 rings (SSSR count). The number of anilines is 1. The van der Waals surface area contributed by atoms with Crippen LogP contribution in [-0.4, -0.2) is 12.8 Å². The van der Waals surface area contributed by atoms with Crippen molar-refractivity contribution in [2.24, 2.45) is 0 Å². The van der Waals surface area contributed by atoms with E-state index in [9.17, 15) is 4.79 Å². The molecule has 1 aliphatic rings. The maximum atomic E-state index is 12.0. The highest BCUT2D eigenvalue weighted by atomic mass is 32.2. The number of hydrogen-bond acceptors (Lipinski definition) is 3. The fourth-order valence-electron chi connectivity index (χ4n) is 2.18. The molecule has 0 saturated heterocycles. The molecule has 21 heavy (non-hydrogen) atoms. The Labute approximate surface area is 128 Å². The third-order valence-corrected chi connectivity index (χ3v) is 4.50. The van der Waals surface area contributed by atoms with Crippen LogP contribution in [0.1, 0.15) is 10.4 Å². The zero-order valence-corrected chi connectivity index (χ0v) is 12.5. The van der Waals surface area contributed by atoms with E-state index in [-0.39, 0.29) is 5.78 Å². The number of benzene rings is 2. The van der Waals surface area contributed by atoms with Gasteiger partial charge in [0.2, 0.25) is 0 Å². The Bertz CT molecular complexity index is 719. The first-order chi connectivity index (χ1) is 10.3. The fourth-order valence-corrected chi connectivity index (χ4v) is 3.25. The van der Waals surface area contributed by atoms with Gasteiger partial charge in [0.25, 0.3) is 0 Å². The highest BCUT2D eigenvalue weighted by molar-refractivity contribution is 8.03. The standard InChI is InChI=1S/C18H15NOS/c1-19-15-10-5-6-12-17(15)21-18(19)13-7-11-16(20)14-8-3-2-4-9-14/h2-13H,1H3/b11-7-,18-13+. The van der Waals surface area contributed by atoms with Crippen molar-refractivity contribution >= 4 is 23.2 Å². The van der Waals surface area contributed by atoms with Crippen LogP contribution < -0.4 is 4.90 Å². The number of rotatable bonds is 3. The Morgan fingerprint density at radius 3 is 2.52 bits per heavy atom. The first kappa shape index (κ1) is 13.7. The minimum absolute atomic E-state index is 0.0237. The smallest absolute Gasteiger partial charge is 0.185 e. The molecule has 104 valence electrons. The number of allylic oxidation sites excluding steroid dienone is 3. The number of carbonyl (C=O) groups is 1. The molecule has 0 amide bonds. The number of nitrogens with zero attached hydrogens (tertiary/aromatic N) is 1. The summed E-state index contributed by atoms with van der Waals surface area (Å²) in [6.07, 6.45) is 5.41. The average Bonchev–Trinajstić information content (AvgIpc) is 2.85. The van der Waals surface area contributed by atoms with Crippen molar-refractivity contribution in [2.75, 3.05) is 11.9 Å². The highest BCUT2D eigenvalue weighted by Gasteiger charge is 2.20. The lowest BCUT2D eigenvalue weighted by Gasteiger charge is -2.12. The topological polar surface area (TPSA) is 20.3 Å². The largest absolute Gasteiger partial charge is 0.338 e. The van der Waals surface area contributed by atoms with Gasteiger partial charge in [-0.05, 0) is 24.3 Å². The molecule has 0 aliphatic carbocycles. The molecule has 0 aromatic heterocycles. The van der Waals surface area contributed by atoms with Crippen molar-refractivity contribution in [1.29, 1.82) is 0 Å². The van der Waals surface area contributed by atoms with Crippen LogP contribution in [0.4, 0.5) is 5.69 Å². The van der Waals surface area contributed by atoms with E-state index >= 15 is 0 Å². The van der Waals surface area contributed by atoms with Crippen molar-refractivity contribution in [1.82, 2.24) is 0 Å². The summed E-state index contributed by atoms with van der Waals surface area (Å²) >= 11 is 1.72. The maximum Gasteiger partial charge on any atom is 0.185 e. The second-order valence-corrected chi connectivity index (χ2v) is 5.79. The van der Waals surface area contributed by atoms with Gasteiger partial charge in [-0.1, -0.05) is 60.3 Å².